The molecule has 0 saturated heterocycles. The zero-order valence-electron chi connectivity index (χ0n) is 11.5. The van der Waals surface area contributed by atoms with Gasteiger partial charge in [-0.05, 0) is 30.7 Å². The Hall–Kier alpha value is -2.26. The average molecular weight is 290 g/mol. The van der Waals surface area contributed by atoms with Gasteiger partial charge < -0.3 is 10.4 Å². The maximum Gasteiger partial charge on any atom is 0.257 e. The summed E-state index contributed by atoms with van der Waals surface area (Å²) in [6, 6.07) is 1.78. The van der Waals surface area contributed by atoms with Crippen LogP contribution in [0.15, 0.2) is 18.5 Å². The second-order valence-corrected chi connectivity index (χ2v) is 5.20. The molecule has 2 aromatic heterocycles. The zero-order chi connectivity index (χ0) is 14.7. The lowest BCUT2D eigenvalue weighted by molar-refractivity contribution is 0.253. The molecule has 0 aliphatic heterocycles. The van der Waals surface area contributed by atoms with E-state index in [4.69, 9.17) is 10.9 Å². The lowest BCUT2D eigenvalue weighted by Crippen LogP contribution is -2.20. The Balaban J connectivity index is 1.77. The van der Waals surface area contributed by atoms with Gasteiger partial charge in [0, 0.05) is 25.5 Å². The lowest BCUT2D eigenvalue weighted by atomic mass is 10.0. The third-order valence-corrected chi connectivity index (χ3v) is 3.68. The maximum absolute atomic E-state index is 9.08. The second kappa shape index (κ2) is 5.62. The first-order chi connectivity index (χ1) is 10.2. The predicted molar refractivity (Wildman–Crippen MR) is 76.6 cm³/mol. The molecule has 2 heterocycles. The summed E-state index contributed by atoms with van der Waals surface area (Å²) in [5.74, 6) is 6.48. The maximum atomic E-state index is 9.08. The van der Waals surface area contributed by atoms with E-state index < -0.39 is 0 Å². The number of aliphatic hydroxyl groups is 1. The van der Waals surface area contributed by atoms with Crippen LogP contribution in [0.5, 0.6) is 0 Å². The molecule has 1 aliphatic rings. The lowest BCUT2D eigenvalue weighted by Gasteiger charge is -2.15. The van der Waals surface area contributed by atoms with Crippen LogP contribution in [0.2, 0.25) is 0 Å². The van der Waals surface area contributed by atoms with Gasteiger partial charge >= 0.3 is 0 Å². The first-order valence-corrected chi connectivity index (χ1v) is 6.82. The number of hydrazine groups is 1. The molecule has 9 heteroatoms. The predicted octanol–water partition coefficient (Wildman–Crippen LogP) is -0.0826. The van der Waals surface area contributed by atoms with E-state index in [1.54, 1.807) is 18.5 Å². The highest BCUT2D eigenvalue weighted by molar-refractivity contribution is 5.37. The minimum absolute atomic E-state index is 0.170. The zero-order valence-corrected chi connectivity index (χ0v) is 11.5. The van der Waals surface area contributed by atoms with Gasteiger partial charge in [-0.2, -0.15) is 20.1 Å². The van der Waals surface area contributed by atoms with E-state index in [2.05, 4.69) is 30.8 Å². The first kappa shape index (κ1) is 13.7. The fraction of sp³-hybridized carbons (Fsp3) is 0.500. The van der Waals surface area contributed by atoms with E-state index >= 15 is 0 Å². The summed E-state index contributed by atoms with van der Waals surface area (Å²) in [6.07, 6.45) is 6.40. The molecule has 0 unspecified atom stereocenters. The SMILES string of the molecule is NNc1nc(NCC2(CCO)CC2)nc(-n2cccn2)n1. The summed E-state index contributed by atoms with van der Waals surface area (Å²) in [5.41, 5.74) is 2.59. The van der Waals surface area contributed by atoms with Crippen molar-refractivity contribution in [3.63, 3.8) is 0 Å². The number of nitrogen functional groups attached to an aromatic ring is 1. The van der Waals surface area contributed by atoms with Crippen molar-refractivity contribution < 1.29 is 5.11 Å². The largest absolute Gasteiger partial charge is 0.396 e. The second-order valence-electron chi connectivity index (χ2n) is 5.20. The van der Waals surface area contributed by atoms with Crippen molar-refractivity contribution in [1.82, 2.24) is 24.7 Å². The number of nitrogens with one attached hydrogen (secondary N) is 2. The molecule has 2 aromatic rings. The van der Waals surface area contributed by atoms with Crippen LogP contribution < -0.4 is 16.6 Å². The van der Waals surface area contributed by atoms with Gasteiger partial charge in [-0.15, -0.1) is 0 Å². The van der Waals surface area contributed by atoms with E-state index in [1.807, 2.05) is 0 Å². The molecule has 0 amide bonds. The molecule has 1 saturated carbocycles. The number of nitrogens with zero attached hydrogens (tertiary/aromatic N) is 5. The molecule has 3 rings (SSSR count). The Morgan fingerprint density at radius 2 is 2.10 bits per heavy atom. The summed E-state index contributed by atoms with van der Waals surface area (Å²) in [5, 5.41) is 16.4. The molecule has 21 heavy (non-hydrogen) atoms. The molecule has 0 atom stereocenters. The molecular weight excluding hydrogens is 272 g/mol. The Kier molecular flexibility index (Phi) is 3.67. The fourth-order valence-electron chi connectivity index (χ4n) is 2.19. The minimum atomic E-state index is 0.170. The highest BCUT2D eigenvalue weighted by Crippen LogP contribution is 2.48. The van der Waals surface area contributed by atoms with E-state index in [0.717, 1.165) is 25.8 Å². The summed E-state index contributed by atoms with van der Waals surface area (Å²) in [6.45, 7) is 0.924. The Labute approximate surface area is 121 Å². The molecule has 0 bridgehead atoms. The van der Waals surface area contributed by atoms with Gasteiger partial charge in [0.1, 0.15) is 0 Å². The number of hydrogen-bond acceptors (Lipinski definition) is 8. The van der Waals surface area contributed by atoms with Crippen molar-refractivity contribution in [3.8, 4) is 5.95 Å². The van der Waals surface area contributed by atoms with Crippen LogP contribution in [0.3, 0.4) is 0 Å². The molecule has 5 N–H and O–H groups in total. The monoisotopic (exact) mass is 290 g/mol. The van der Waals surface area contributed by atoms with Crippen molar-refractivity contribution >= 4 is 11.9 Å². The van der Waals surface area contributed by atoms with Gasteiger partial charge in [0.25, 0.3) is 5.95 Å². The van der Waals surface area contributed by atoms with Crippen LogP contribution in [-0.4, -0.2) is 43.0 Å². The summed E-state index contributed by atoms with van der Waals surface area (Å²) < 4.78 is 1.54. The Morgan fingerprint density at radius 1 is 1.29 bits per heavy atom. The standard InChI is InChI=1S/C12H18N8O/c13-19-10-16-9(14-8-12(2-3-12)4-7-21)17-11(18-10)20-6-1-5-15-20/h1,5-6,21H,2-4,7-8,13H2,(H2,14,16,17,18,19). The molecule has 112 valence electrons. The number of rotatable bonds is 7. The van der Waals surface area contributed by atoms with Gasteiger partial charge in [0.05, 0.1) is 0 Å². The van der Waals surface area contributed by atoms with Crippen molar-refractivity contribution in [2.24, 2.45) is 11.3 Å². The Bertz CT molecular complexity index is 595. The van der Waals surface area contributed by atoms with Crippen molar-refractivity contribution in [2.75, 3.05) is 23.9 Å². The van der Waals surface area contributed by atoms with Crippen LogP contribution in [-0.2, 0) is 0 Å². The normalized spacial score (nSPS) is 15.7. The number of hydrogen-bond donors (Lipinski definition) is 4. The molecule has 0 aromatic carbocycles. The molecule has 1 fully saturated rings. The van der Waals surface area contributed by atoms with Crippen LogP contribution in [0, 0.1) is 5.41 Å². The van der Waals surface area contributed by atoms with Crippen molar-refractivity contribution in [3.05, 3.63) is 18.5 Å². The Morgan fingerprint density at radius 3 is 2.71 bits per heavy atom. The van der Waals surface area contributed by atoms with Gasteiger partial charge in [-0.25, -0.2) is 10.5 Å². The van der Waals surface area contributed by atoms with Crippen molar-refractivity contribution in [1.29, 1.82) is 0 Å². The molecule has 0 radical (unpaired) electrons. The average Bonchev–Trinajstić information content (AvgIpc) is 3.05. The molecule has 0 spiro atoms. The van der Waals surface area contributed by atoms with Gasteiger partial charge in [0.15, 0.2) is 0 Å². The number of anilines is 2. The molecule has 9 nitrogen and oxygen atoms in total. The first-order valence-electron chi connectivity index (χ1n) is 6.82. The third kappa shape index (κ3) is 3.09. The summed E-state index contributed by atoms with van der Waals surface area (Å²) in [7, 11) is 0. The number of nitrogens with two attached hydrogens (primary N) is 1. The quantitative estimate of drug-likeness (QED) is 0.412. The van der Waals surface area contributed by atoms with Crippen LogP contribution in [0.25, 0.3) is 5.95 Å². The van der Waals surface area contributed by atoms with Gasteiger partial charge in [-0.1, -0.05) is 0 Å². The van der Waals surface area contributed by atoms with Crippen LogP contribution in [0.1, 0.15) is 19.3 Å². The molecular formula is C12H18N8O. The fourth-order valence-corrected chi connectivity index (χ4v) is 2.19. The van der Waals surface area contributed by atoms with E-state index in [-0.39, 0.29) is 18.0 Å². The van der Waals surface area contributed by atoms with Crippen molar-refractivity contribution in [2.45, 2.75) is 19.3 Å². The minimum Gasteiger partial charge on any atom is -0.396 e. The highest BCUT2D eigenvalue weighted by Gasteiger charge is 2.41. The summed E-state index contributed by atoms with van der Waals surface area (Å²) in [4.78, 5) is 12.7. The molecule has 1 aliphatic carbocycles. The van der Waals surface area contributed by atoms with Crippen LogP contribution >= 0.6 is 0 Å². The number of aromatic nitrogens is 5. The van der Waals surface area contributed by atoms with Gasteiger partial charge in [0.2, 0.25) is 11.9 Å². The van der Waals surface area contributed by atoms with Crippen LogP contribution in [0.4, 0.5) is 11.9 Å². The smallest absolute Gasteiger partial charge is 0.257 e. The van der Waals surface area contributed by atoms with E-state index in [9.17, 15) is 0 Å². The topological polar surface area (TPSA) is 127 Å². The third-order valence-electron chi connectivity index (χ3n) is 3.68. The van der Waals surface area contributed by atoms with Gasteiger partial charge in [-0.3, -0.25) is 5.43 Å². The highest BCUT2D eigenvalue weighted by atomic mass is 16.3. The van der Waals surface area contributed by atoms with E-state index in [0.29, 0.717) is 11.9 Å². The summed E-state index contributed by atoms with van der Waals surface area (Å²) >= 11 is 0. The number of aliphatic hydroxyl groups excluding tert-OH is 1. The van der Waals surface area contributed by atoms with E-state index in [1.165, 1.54) is 4.68 Å².